The van der Waals surface area contributed by atoms with Gasteiger partial charge in [0.25, 0.3) is 0 Å². The van der Waals surface area contributed by atoms with Crippen LogP contribution in [0.25, 0.3) is 0 Å². The fraction of sp³-hybridized carbons (Fsp3) is 0.400. The van der Waals surface area contributed by atoms with Gasteiger partial charge in [-0.3, -0.25) is 0 Å². The molecule has 13 heavy (non-hydrogen) atoms. The minimum Gasteiger partial charge on any atom is -0.384 e. The molecule has 0 spiro atoms. The summed E-state index contributed by atoms with van der Waals surface area (Å²) < 4.78 is 12.9. The van der Waals surface area contributed by atoms with E-state index in [9.17, 15) is 9.50 Å². The third-order valence-corrected chi connectivity index (χ3v) is 3.54. The van der Waals surface area contributed by atoms with Crippen molar-refractivity contribution in [3.63, 3.8) is 0 Å². The summed E-state index contributed by atoms with van der Waals surface area (Å²) in [5.41, 5.74) is -0.0928. The zero-order valence-corrected chi connectivity index (χ0v) is 7.98. The van der Waals surface area contributed by atoms with Gasteiger partial charge < -0.3 is 5.11 Å². The van der Waals surface area contributed by atoms with Crippen molar-refractivity contribution >= 4 is 11.8 Å². The zero-order valence-electron chi connectivity index (χ0n) is 7.16. The summed E-state index contributed by atoms with van der Waals surface area (Å²) in [5.74, 6) is 1.35. The molecule has 1 aromatic carbocycles. The lowest BCUT2D eigenvalue weighted by molar-refractivity contribution is 0.0654. The quantitative estimate of drug-likeness (QED) is 0.746. The van der Waals surface area contributed by atoms with Gasteiger partial charge in [0.05, 0.1) is 5.60 Å². The molecule has 1 atom stereocenters. The van der Waals surface area contributed by atoms with Crippen LogP contribution in [0.3, 0.4) is 0 Å². The fourth-order valence-electron chi connectivity index (χ4n) is 1.56. The lowest BCUT2D eigenvalue weighted by Crippen LogP contribution is -2.24. The second-order valence-corrected chi connectivity index (χ2v) is 4.45. The average molecular weight is 198 g/mol. The maximum atomic E-state index is 12.9. The summed E-state index contributed by atoms with van der Waals surface area (Å²) in [6, 6.07) is 6.25. The molecule has 0 saturated carbocycles. The lowest BCUT2D eigenvalue weighted by Gasteiger charge is -2.21. The molecule has 0 bridgehead atoms. The molecule has 1 nitrogen and oxygen atoms in total. The Balaban J connectivity index is 2.33. The normalized spacial score (nSPS) is 27.8. The van der Waals surface area contributed by atoms with Gasteiger partial charge in [0, 0.05) is 5.75 Å². The molecule has 1 heterocycles. The summed E-state index contributed by atoms with van der Waals surface area (Å²) in [5, 5.41) is 10.1. The number of aliphatic hydroxyl groups is 1. The molecular formula is C10H11FOS. The van der Waals surface area contributed by atoms with Crippen molar-refractivity contribution in [1.82, 2.24) is 0 Å². The highest BCUT2D eigenvalue weighted by Gasteiger charge is 2.33. The highest BCUT2D eigenvalue weighted by Crippen LogP contribution is 2.36. The zero-order chi connectivity index (χ0) is 9.31. The van der Waals surface area contributed by atoms with E-state index in [1.54, 1.807) is 23.9 Å². The number of rotatable bonds is 1. The highest BCUT2D eigenvalue weighted by atomic mass is 32.2. The predicted octanol–water partition coefficient (Wildman–Crippen LogP) is 2.15. The molecule has 1 N–H and O–H groups in total. The summed E-state index contributed by atoms with van der Waals surface area (Å²) >= 11 is 1.71. The summed E-state index contributed by atoms with van der Waals surface area (Å²) in [6.07, 6.45) is 0.723. The van der Waals surface area contributed by atoms with Crippen molar-refractivity contribution in [2.24, 2.45) is 0 Å². The van der Waals surface area contributed by atoms with Crippen LogP contribution in [0.1, 0.15) is 12.0 Å². The smallest absolute Gasteiger partial charge is 0.123 e. The monoisotopic (exact) mass is 198 g/mol. The summed E-state index contributed by atoms with van der Waals surface area (Å²) in [4.78, 5) is 0. The van der Waals surface area contributed by atoms with Gasteiger partial charge in [-0.15, -0.1) is 0 Å². The third-order valence-electron chi connectivity index (χ3n) is 2.36. The summed E-state index contributed by atoms with van der Waals surface area (Å²) in [6.45, 7) is 0. The van der Waals surface area contributed by atoms with Gasteiger partial charge in [0.2, 0.25) is 0 Å². The van der Waals surface area contributed by atoms with E-state index in [-0.39, 0.29) is 5.82 Å². The first-order valence-corrected chi connectivity index (χ1v) is 5.42. The molecule has 0 aliphatic carbocycles. The van der Waals surface area contributed by atoms with Crippen molar-refractivity contribution in [2.75, 3.05) is 11.5 Å². The first kappa shape index (κ1) is 9.03. The Hall–Kier alpha value is -0.540. The van der Waals surface area contributed by atoms with Crippen LogP contribution < -0.4 is 0 Å². The first-order valence-electron chi connectivity index (χ1n) is 4.27. The molecule has 0 unspecified atom stereocenters. The van der Waals surface area contributed by atoms with Crippen LogP contribution in [0.2, 0.25) is 0 Å². The Morgan fingerprint density at radius 3 is 2.92 bits per heavy atom. The number of thioether (sulfide) groups is 1. The Labute approximate surface area is 81.0 Å². The van der Waals surface area contributed by atoms with E-state index < -0.39 is 5.60 Å². The van der Waals surface area contributed by atoms with E-state index in [4.69, 9.17) is 0 Å². The van der Waals surface area contributed by atoms with Crippen LogP contribution in [0.5, 0.6) is 0 Å². The maximum Gasteiger partial charge on any atom is 0.123 e. The van der Waals surface area contributed by atoms with Gasteiger partial charge in [-0.25, -0.2) is 4.39 Å². The Kier molecular flexibility index (Phi) is 2.30. The number of halogens is 1. The van der Waals surface area contributed by atoms with Gasteiger partial charge in [0.1, 0.15) is 5.82 Å². The maximum absolute atomic E-state index is 12.9. The van der Waals surface area contributed by atoms with E-state index in [0.29, 0.717) is 11.3 Å². The van der Waals surface area contributed by atoms with E-state index in [0.717, 1.165) is 12.2 Å². The summed E-state index contributed by atoms with van der Waals surface area (Å²) in [7, 11) is 0. The molecule has 0 aromatic heterocycles. The second kappa shape index (κ2) is 3.31. The van der Waals surface area contributed by atoms with Crippen molar-refractivity contribution in [2.45, 2.75) is 12.0 Å². The molecule has 1 aliphatic rings. The molecule has 1 aromatic rings. The molecule has 70 valence electrons. The molecule has 0 amide bonds. The van der Waals surface area contributed by atoms with E-state index in [1.807, 2.05) is 0 Å². The molecule has 0 radical (unpaired) electrons. The van der Waals surface area contributed by atoms with Crippen LogP contribution in [0.15, 0.2) is 24.3 Å². The number of hydrogen-bond acceptors (Lipinski definition) is 2. The molecule has 1 aliphatic heterocycles. The van der Waals surface area contributed by atoms with Crippen LogP contribution >= 0.6 is 11.8 Å². The van der Waals surface area contributed by atoms with Crippen molar-refractivity contribution in [3.05, 3.63) is 35.6 Å². The largest absolute Gasteiger partial charge is 0.384 e. The van der Waals surface area contributed by atoms with Gasteiger partial charge in [-0.1, -0.05) is 12.1 Å². The van der Waals surface area contributed by atoms with E-state index in [1.165, 1.54) is 12.1 Å². The molecule has 1 fully saturated rings. The third kappa shape index (κ3) is 1.71. The lowest BCUT2D eigenvalue weighted by atomic mass is 9.93. The second-order valence-electron chi connectivity index (χ2n) is 3.34. The van der Waals surface area contributed by atoms with E-state index in [2.05, 4.69) is 0 Å². The fourth-order valence-corrected chi connectivity index (χ4v) is 2.83. The van der Waals surface area contributed by atoms with Crippen LogP contribution in [0.4, 0.5) is 4.39 Å². The minimum absolute atomic E-state index is 0.275. The molecular weight excluding hydrogens is 187 g/mol. The van der Waals surface area contributed by atoms with Gasteiger partial charge in [-0.2, -0.15) is 11.8 Å². The Bertz CT molecular complexity index is 308. The Morgan fingerprint density at radius 2 is 2.31 bits per heavy atom. The molecule has 3 heteroatoms. The van der Waals surface area contributed by atoms with Crippen LogP contribution in [-0.4, -0.2) is 16.6 Å². The van der Waals surface area contributed by atoms with E-state index >= 15 is 0 Å². The minimum atomic E-state index is -0.799. The van der Waals surface area contributed by atoms with Crippen molar-refractivity contribution in [3.8, 4) is 0 Å². The predicted molar refractivity (Wildman–Crippen MR) is 52.2 cm³/mol. The van der Waals surface area contributed by atoms with Crippen molar-refractivity contribution < 1.29 is 9.50 Å². The van der Waals surface area contributed by atoms with Gasteiger partial charge in [-0.05, 0) is 29.9 Å². The number of hydrogen-bond donors (Lipinski definition) is 1. The van der Waals surface area contributed by atoms with Crippen LogP contribution in [-0.2, 0) is 5.60 Å². The highest BCUT2D eigenvalue weighted by molar-refractivity contribution is 7.99. The van der Waals surface area contributed by atoms with Crippen LogP contribution in [0, 0.1) is 5.82 Å². The topological polar surface area (TPSA) is 20.2 Å². The Morgan fingerprint density at radius 1 is 1.46 bits per heavy atom. The van der Waals surface area contributed by atoms with Gasteiger partial charge >= 0.3 is 0 Å². The van der Waals surface area contributed by atoms with Crippen molar-refractivity contribution in [1.29, 1.82) is 0 Å². The molecule has 2 rings (SSSR count). The average Bonchev–Trinajstić information content (AvgIpc) is 2.54. The SMILES string of the molecule is O[C@]1(c2cccc(F)c2)CCSC1. The molecule has 1 saturated heterocycles. The van der Waals surface area contributed by atoms with Gasteiger partial charge in [0.15, 0.2) is 0 Å². The number of benzene rings is 1. The first-order chi connectivity index (χ1) is 6.21. The standard InChI is InChI=1S/C10H11FOS/c11-9-3-1-2-8(6-9)10(12)4-5-13-7-10/h1-3,6,12H,4-5,7H2/t10-/m1/s1.